The molecule has 2 aromatic rings. The van der Waals surface area contributed by atoms with Crippen LogP contribution < -0.4 is 10.1 Å². The molecule has 0 unspecified atom stereocenters. The van der Waals surface area contributed by atoms with Crippen molar-refractivity contribution in [3.63, 3.8) is 0 Å². The summed E-state index contributed by atoms with van der Waals surface area (Å²) in [6.07, 6.45) is 6.50. The van der Waals surface area contributed by atoms with Crippen LogP contribution in [-0.2, 0) is 13.0 Å². The number of aliphatic hydroxyl groups excluding tert-OH is 1. The molecule has 0 radical (unpaired) electrons. The van der Waals surface area contributed by atoms with E-state index in [0.717, 1.165) is 23.5 Å². The van der Waals surface area contributed by atoms with Crippen molar-refractivity contribution in [2.75, 3.05) is 18.5 Å². The maximum Gasteiger partial charge on any atom is 0.119 e. The number of anilines is 1. The summed E-state index contributed by atoms with van der Waals surface area (Å²) in [5.41, 5.74) is 3.39. The minimum absolute atomic E-state index is 0.183. The van der Waals surface area contributed by atoms with Gasteiger partial charge in [0.1, 0.15) is 5.75 Å². The van der Waals surface area contributed by atoms with Crippen LogP contribution in [0.4, 0.5) is 5.69 Å². The molecule has 2 N–H and O–H groups in total. The highest BCUT2D eigenvalue weighted by atomic mass is 16.5. The second-order valence-corrected chi connectivity index (χ2v) is 4.97. The lowest BCUT2D eigenvalue weighted by atomic mass is 10.1. The SMILES string of the molecule is C#CCCOc1ccc(CNc2ccc(CCO)cc2)cc1. The van der Waals surface area contributed by atoms with Gasteiger partial charge in [-0.25, -0.2) is 0 Å². The molecule has 0 spiro atoms. The van der Waals surface area contributed by atoms with Crippen LogP contribution in [0.5, 0.6) is 5.75 Å². The second kappa shape index (κ2) is 8.76. The Kier molecular flexibility index (Phi) is 6.35. The van der Waals surface area contributed by atoms with Gasteiger partial charge in [0, 0.05) is 25.3 Å². The van der Waals surface area contributed by atoms with Crippen molar-refractivity contribution in [2.24, 2.45) is 0 Å². The van der Waals surface area contributed by atoms with Crippen LogP contribution in [0.25, 0.3) is 0 Å². The average Bonchev–Trinajstić information content (AvgIpc) is 2.56. The fraction of sp³-hybridized carbons (Fsp3) is 0.263. The van der Waals surface area contributed by atoms with Crippen molar-refractivity contribution in [1.82, 2.24) is 0 Å². The molecular weight excluding hydrogens is 274 g/mol. The molecule has 3 heteroatoms. The van der Waals surface area contributed by atoms with E-state index < -0.39 is 0 Å². The Morgan fingerprint density at radius 2 is 1.68 bits per heavy atom. The van der Waals surface area contributed by atoms with Gasteiger partial charge in [0.2, 0.25) is 0 Å². The number of benzene rings is 2. The third-order valence-electron chi connectivity index (χ3n) is 3.29. The molecule has 3 nitrogen and oxygen atoms in total. The molecule has 0 atom stereocenters. The Morgan fingerprint density at radius 3 is 2.32 bits per heavy atom. The monoisotopic (exact) mass is 295 g/mol. The normalized spacial score (nSPS) is 10.0. The largest absolute Gasteiger partial charge is 0.493 e. The third-order valence-corrected chi connectivity index (χ3v) is 3.29. The van der Waals surface area contributed by atoms with Crippen LogP contribution in [0.3, 0.4) is 0 Å². The Balaban J connectivity index is 1.82. The van der Waals surface area contributed by atoms with Gasteiger partial charge in [-0.3, -0.25) is 0 Å². The highest BCUT2D eigenvalue weighted by Gasteiger charge is 1.97. The number of terminal acetylenes is 1. The number of rotatable bonds is 8. The van der Waals surface area contributed by atoms with Crippen LogP contribution in [0.2, 0.25) is 0 Å². The molecule has 0 bridgehead atoms. The summed E-state index contributed by atoms with van der Waals surface area (Å²) in [5.74, 6) is 3.39. The van der Waals surface area contributed by atoms with Gasteiger partial charge in [-0.1, -0.05) is 24.3 Å². The van der Waals surface area contributed by atoms with Crippen molar-refractivity contribution in [2.45, 2.75) is 19.4 Å². The van der Waals surface area contributed by atoms with Gasteiger partial charge in [0.05, 0.1) is 6.61 Å². The summed E-state index contributed by atoms with van der Waals surface area (Å²) in [5, 5.41) is 12.3. The molecule has 0 aliphatic carbocycles. The Bertz CT molecular complexity index is 597. The zero-order valence-corrected chi connectivity index (χ0v) is 12.6. The first kappa shape index (κ1) is 15.9. The van der Waals surface area contributed by atoms with Gasteiger partial charge in [0.15, 0.2) is 0 Å². The van der Waals surface area contributed by atoms with Gasteiger partial charge in [-0.05, 0) is 41.8 Å². The van der Waals surface area contributed by atoms with Crippen molar-refractivity contribution < 1.29 is 9.84 Å². The summed E-state index contributed by atoms with van der Waals surface area (Å²) >= 11 is 0. The molecule has 0 aliphatic rings. The van der Waals surface area contributed by atoms with Crippen LogP contribution in [0.1, 0.15) is 17.5 Å². The first-order valence-corrected chi connectivity index (χ1v) is 7.40. The zero-order valence-electron chi connectivity index (χ0n) is 12.6. The molecule has 0 heterocycles. The molecule has 22 heavy (non-hydrogen) atoms. The highest BCUT2D eigenvalue weighted by Crippen LogP contribution is 2.15. The summed E-state index contributed by atoms with van der Waals surface area (Å²) in [6, 6.07) is 16.1. The Labute approximate surface area is 131 Å². The maximum absolute atomic E-state index is 8.90. The van der Waals surface area contributed by atoms with Crippen molar-refractivity contribution in [3.05, 3.63) is 59.7 Å². The van der Waals surface area contributed by atoms with E-state index >= 15 is 0 Å². The molecule has 0 aromatic heterocycles. The van der Waals surface area contributed by atoms with Gasteiger partial charge in [0.25, 0.3) is 0 Å². The molecular formula is C19H21NO2. The van der Waals surface area contributed by atoms with E-state index in [9.17, 15) is 0 Å². The first-order chi connectivity index (χ1) is 10.8. The number of nitrogens with one attached hydrogen (secondary N) is 1. The van der Waals surface area contributed by atoms with E-state index in [1.807, 2.05) is 48.5 Å². The third kappa shape index (κ3) is 5.16. The lowest BCUT2D eigenvalue weighted by molar-refractivity contribution is 0.299. The van der Waals surface area contributed by atoms with E-state index in [1.165, 1.54) is 5.56 Å². The Morgan fingerprint density at radius 1 is 1.00 bits per heavy atom. The number of hydrogen-bond acceptors (Lipinski definition) is 3. The van der Waals surface area contributed by atoms with E-state index in [4.69, 9.17) is 16.3 Å². The van der Waals surface area contributed by atoms with E-state index in [-0.39, 0.29) is 6.61 Å². The van der Waals surface area contributed by atoms with Gasteiger partial charge >= 0.3 is 0 Å². The predicted molar refractivity (Wildman–Crippen MR) is 89.9 cm³/mol. The lowest BCUT2D eigenvalue weighted by Gasteiger charge is -2.09. The maximum atomic E-state index is 8.90. The fourth-order valence-electron chi connectivity index (χ4n) is 2.05. The van der Waals surface area contributed by atoms with E-state index in [2.05, 4.69) is 11.2 Å². The molecule has 114 valence electrons. The van der Waals surface area contributed by atoms with E-state index in [1.54, 1.807) is 0 Å². The van der Waals surface area contributed by atoms with Gasteiger partial charge in [-0.15, -0.1) is 12.3 Å². The predicted octanol–water partition coefficient (Wildman–Crippen LogP) is 3.24. The number of aliphatic hydroxyl groups is 1. The van der Waals surface area contributed by atoms with Crippen molar-refractivity contribution >= 4 is 5.69 Å². The van der Waals surface area contributed by atoms with Crippen LogP contribution in [0.15, 0.2) is 48.5 Å². The highest BCUT2D eigenvalue weighted by molar-refractivity contribution is 5.45. The molecule has 0 amide bonds. The summed E-state index contributed by atoms with van der Waals surface area (Å²) in [6.45, 7) is 1.49. The summed E-state index contributed by atoms with van der Waals surface area (Å²) < 4.78 is 5.52. The topological polar surface area (TPSA) is 41.5 Å². The van der Waals surface area contributed by atoms with Crippen LogP contribution >= 0.6 is 0 Å². The second-order valence-electron chi connectivity index (χ2n) is 4.97. The summed E-state index contributed by atoms with van der Waals surface area (Å²) in [4.78, 5) is 0. The number of hydrogen-bond donors (Lipinski definition) is 2. The van der Waals surface area contributed by atoms with Crippen molar-refractivity contribution in [3.8, 4) is 18.1 Å². The lowest BCUT2D eigenvalue weighted by Crippen LogP contribution is -2.00. The molecule has 2 rings (SSSR count). The quantitative estimate of drug-likeness (QED) is 0.580. The summed E-state index contributed by atoms with van der Waals surface area (Å²) in [7, 11) is 0. The minimum atomic E-state index is 0.183. The van der Waals surface area contributed by atoms with Crippen LogP contribution in [0, 0.1) is 12.3 Å². The van der Waals surface area contributed by atoms with E-state index in [0.29, 0.717) is 19.4 Å². The average molecular weight is 295 g/mol. The number of ether oxygens (including phenoxy) is 1. The minimum Gasteiger partial charge on any atom is -0.493 e. The zero-order chi connectivity index (χ0) is 15.6. The van der Waals surface area contributed by atoms with Crippen molar-refractivity contribution in [1.29, 1.82) is 0 Å². The molecule has 0 fully saturated rings. The molecule has 0 aliphatic heterocycles. The molecule has 0 saturated carbocycles. The first-order valence-electron chi connectivity index (χ1n) is 7.40. The standard InChI is InChI=1S/C19H21NO2/c1-2-3-14-22-19-10-6-17(7-11-19)15-20-18-8-4-16(5-9-18)12-13-21/h1,4-11,20-21H,3,12-15H2. The smallest absolute Gasteiger partial charge is 0.119 e. The molecule has 0 saturated heterocycles. The molecule has 2 aromatic carbocycles. The fourth-order valence-corrected chi connectivity index (χ4v) is 2.05. The Hall–Kier alpha value is -2.44. The van der Waals surface area contributed by atoms with Gasteiger partial charge in [-0.2, -0.15) is 0 Å². The van der Waals surface area contributed by atoms with Crippen LogP contribution in [-0.4, -0.2) is 18.3 Å². The van der Waals surface area contributed by atoms with Gasteiger partial charge < -0.3 is 15.2 Å².